The van der Waals surface area contributed by atoms with Crippen LogP contribution in [0.1, 0.15) is 6.42 Å². The van der Waals surface area contributed by atoms with Crippen molar-refractivity contribution in [3.8, 4) is 0 Å². The van der Waals surface area contributed by atoms with Gasteiger partial charge in [0.15, 0.2) is 12.5 Å². The molecule has 1 heterocycles. The summed E-state index contributed by atoms with van der Waals surface area (Å²) in [5.41, 5.74) is 0. The molecule has 0 radical (unpaired) electrons. The second-order valence-electron chi connectivity index (χ2n) is 2.16. The number of rotatable bonds is 0. The molecular formula is C5H10ClF2NO. The molecule has 1 aliphatic heterocycles. The standard InChI is InChI=1S/C5H9F2NO.ClH/c6-4-3(9)1-2-8-5(4)7;/h3-5,8-9H,1-2H2;1H. The van der Waals surface area contributed by atoms with E-state index in [1.807, 2.05) is 0 Å². The second-order valence-corrected chi connectivity index (χ2v) is 2.16. The van der Waals surface area contributed by atoms with Crippen molar-refractivity contribution in [3.05, 3.63) is 0 Å². The third-order valence-corrected chi connectivity index (χ3v) is 1.43. The third-order valence-electron chi connectivity index (χ3n) is 1.43. The molecule has 1 aliphatic rings. The van der Waals surface area contributed by atoms with Crippen LogP contribution in [0.5, 0.6) is 0 Å². The third kappa shape index (κ3) is 2.04. The van der Waals surface area contributed by atoms with E-state index in [4.69, 9.17) is 5.11 Å². The summed E-state index contributed by atoms with van der Waals surface area (Å²) < 4.78 is 24.5. The molecule has 5 heteroatoms. The topological polar surface area (TPSA) is 32.3 Å². The molecule has 10 heavy (non-hydrogen) atoms. The maximum absolute atomic E-state index is 12.3. The Morgan fingerprint density at radius 2 is 2.00 bits per heavy atom. The zero-order valence-electron chi connectivity index (χ0n) is 5.26. The van der Waals surface area contributed by atoms with E-state index in [0.29, 0.717) is 13.0 Å². The second kappa shape index (κ2) is 4.05. The van der Waals surface area contributed by atoms with Crippen LogP contribution < -0.4 is 5.32 Å². The zero-order chi connectivity index (χ0) is 6.85. The van der Waals surface area contributed by atoms with Crippen molar-refractivity contribution in [1.82, 2.24) is 5.32 Å². The molecule has 0 aliphatic carbocycles. The first-order valence-corrected chi connectivity index (χ1v) is 2.91. The van der Waals surface area contributed by atoms with Crippen LogP contribution in [-0.4, -0.2) is 30.2 Å². The van der Waals surface area contributed by atoms with Crippen molar-refractivity contribution in [2.45, 2.75) is 25.0 Å². The van der Waals surface area contributed by atoms with Gasteiger partial charge in [0, 0.05) is 6.54 Å². The summed E-state index contributed by atoms with van der Waals surface area (Å²) >= 11 is 0. The van der Waals surface area contributed by atoms with E-state index in [-0.39, 0.29) is 12.4 Å². The predicted octanol–water partition coefficient (Wildman–Crippen LogP) is 0.396. The van der Waals surface area contributed by atoms with Crippen LogP contribution in [0.3, 0.4) is 0 Å². The van der Waals surface area contributed by atoms with Gasteiger partial charge in [0.25, 0.3) is 0 Å². The lowest BCUT2D eigenvalue weighted by atomic mass is 10.1. The molecular weight excluding hydrogens is 164 g/mol. The number of hydrogen-bond acceptors (Lipinski definition) is 2. The van der Waals surface area contributed by atoms with Crippen molar-refractivity contribution in [2.75, 3.05) is 6.54 Å². The molecule has 0 aromatic carbocycles. The maximum Gasteiger partial charge on any atom is 0.185 e. The highest BCUT2D eigenvalue weighted by atomic mass is 35.5. The van der Waals surface area contributed by atoms with E-state index in [2.05, 4.69) is 5.32 Å². The fourth-order valence-corrected chi connectivity index (χ4v) is 0.836. The van der Waals surface area contributed by atoms with Crippen LogP contribution in [-0.2, 0) is 0 Å². The van der Waals surface area contributed by atoms with Crippen LogP contribution >= 0.6 is 12.4 Å². The Hall–Kier alpha value is 0.0700. The molecule has 0 saturated carbocycles. The molecule has 0 aromatic heterocycles. The van der Waals surface area contributed by atoms with E-state index in [1.165, 1.54) is 0 Å². The first-order chi connectivity index (χ1) is 4.22. The fourth-order valence-electron chi connectivity index (χ4n) is 0.836. The molecule has 62 valence electrons. The lowest BCUT2D eigenvalue weighted by Gasteiger charge is -2.25. The summed E-state index contributed by atoms with van der Waals surface area (Å²) in [4.78, 5) is 0. The van der Waals surface area contributed by atoms with E-state index >= 15 is 0 Å². The van der Waals surface area contributed by atoms with Crippen LogP contribution in [0, 0.1) is 0 Å². The highest BCUT2D eigenvalue weighted by Gasteiger charge is 2.31. The van der Waals surface area contributed by atoms with Gasteiger partial charge in [-0.1, -0.05) is 0 Å². The minimum Gasteiger partial charge on any atom is -0.390 e. The molecule has 1 saturated heterocycles. The first-order valence-electron chi connectivity index (χ1n) is 2.91. The minimum absolute atomic E-state index is 0. The van der Waals surface area contributed by atoms with Crippen molar-refractivity contribution in [2.24, 2.45) is 0 Å². The van der Waals surface area contributed by atoms with E-state index in [9.17, 15) is 8.78 Å². The molecule has 1 fully saturated rings. The minimum atomic E-state index is -1.75. The van der Waals surface area contributed by atoms with Crippen molar-refractivity contribution in [1.29, 1.82) is 0 Å². The largest absolute Gasteiger partial charge is 0.390 e. The van der Waals surface area contributed by atoms with Crippen molar-refractivity contribution in [3.63, 3.8) is 0 Å². The molecule has 3 atom stereocenters. The summed E-state index contributed by atoms with van der Waals surface area (Å²) in [7, 11) is 0. The van der Waals surface area contributed by atoms with Gasteiger partial charge in [0.05, 0.1) is 6.10 Å². The zero-order valence-corrected chi connectivity index (χ0v) is 6.07. The van der Waals surface area contributed by atoms with Gasteiger partial charge in [-0.15, -0.1) is 12.4 Å². The Balaban J connectivity index is 0.000000810. The number of aliphatic hydroxyl groups excluding tert-OH is 1. The van der Waals surface area contributed by atoms with Gasteiger partial charge in [0.2, 0.25) is 0 Å². The van der Waals surface area contributed by atoms with E-state index in [1.54, 1.807) is 0 Å². The molecule has 0 bridgehead atoms. The van der Waals surface area contributed by atoms with Crippen molar-refractivity contribution < 1.29 is 13.9 Å². The fraction of sp³-hybridized carbons (Fsp3) is 1.00. The van der Waals surface area contributed by atoms with Crippen molar-refractivity contribution >= 4 is 12.4 Å². The Morgan fingerprint density at radius 1 is 1.40 bits per heavy atom. The Morgan fingerprint density at radius 3 is 2.40 bits per heavy atom. The van der Waals surface area contributed by atoms with Crippen LogP contribution in [0.15, 0.2) is 0 Å². The number of hydrogen-bond donors (Lipinski definition) is 2. The Labute approximate surface area is 64.0 Å². The molecule has 2 N–H and O–H groups in total. The van der Waals surface area contributed by atoms with Gasteiger partial charge in [-0.3, -0.25) is 5.32 Å². The summed E-state index contributed by atoms with van der Waals surface area (Å²) in [6.07, 6.45) is -4.27. The molecule has 0 aromatic rings. The monoisotopic (exact) mass is 173 g/mol. The number of alkyl halides is 2. The highest BCUT2D eigenvalue weighted by molar-refractivity contribution is 5.85. The predicted molar refractivity (Wildman–Crippen MR) is 35.7 cm³/mol. The molecule has 2 nitrogen and oxygen atoms in total. The van der Waals surface area contributed by atoms with Gasteiger partial charge < -0.3 is 5.11 Å². The van der Waals surface area contributed by atoms with Gasteiger partial charge in [-0.25, -0.2) is 8.78 Å². The summed E-state index contributed by atoms with van der Waals surface area (Å²) in [6, 6.07) is 0. The number of aliphatic hydroxyl groups is 1. The SMILES string of the molecule is Cl.OC1CCNC(F)C1F. The summed E-state index contributed by atoms with van der Waals surface area (Å²) in [5, 5.41) is 11.0. The van der Waals surface area contributed by atoms with Crippen LogP contribution in [0.25, 0.3) is 0 Å². The van der Waals surface area contributed by atoms with Crippen LogP contribution in [0.2, 0.25) is 0 Å². The van der Waals surface area contributed by atoms with Crippen LogP contribution in [0.4, 0.5) is 8.78 Å². The molecule has 3 unspecified atom stereocenters. The quantitative estimate of drug-likeness (QED) is 0.520. The molecule has 1 rings (SSSR count). The number of halogens is 3. The average Bonchev–Trinajstić information content (AvgIpc) is 1.83. The lowest BCUT2D eigenvalue weighted by molar-refractivity contribution is -0.0139. The molecule has 0 spiro atoms. The average molecular weight is 174 g/mol. The molecule has 0 amide bonds. The van der Waals surface area contributed by atoms with Gasteiger partial charge in [-0.2, -0.15) is 0 Å². The Kier molecular flexibility index (Phi) is 4.08. The van der Waals surface area contributed by atoms with Gasteiger partial charge in [-0.05, 0) is 6.42 Å². The highest BCUT2D eigenvalue weighted by Crippen LogP contribution is 2.13. The maximum atomic E-state index is 12.3. The lowest BCUT2D eigenvalue weighted by Crippen LogP contribution is -2.47. The smallest absolute Gasteiger partial charge is 0.185 e. The van der Waals surface area contributed by atoms with Gasteiger partial charge in [0.1, 0.15) is 0 Å². The normalized spacial score (nSPS) is 40.5. The van der Waals surface area contributed by atoms with E-state index < -0.39 is 18.6 Å². The summed E-state index contributed by atoms with van der Waals surface area (Å²) in [6.45, 7) is 0.350. The number of nitrogens with one attached hydrogen (secondary N) is 1. The summed E-state index contributed by atoms with van der Waals surface area (Å²) in [5.74, 6) is 0. The van der Waals surface area contributed by atoms with E-state index in [0.717, 1.165) is 0 Å². The Bertz CT molecular complexity index is 95.6. The number of piperidine rings is 1. The first kappa shape index (κ1) is 10.1. The van der Waals surface area contributed by atoms with Gasteiger partial charge >= 0.3 is 0 Å².